The highest BCUT2D eigenvalue weighted by atomic mass is 35.5. The molecule has 0 bridgehead atoms. The smallest absolute Gasteiger partial charge is 0.316 e. The average Bonchev–Trinajstić information content (AvgIpc) is 2.90. The molecule has 0 radical (unpaired) electrons. The maximum Gasteiger partial charge on any atom is 0.416 e. The van der Waals surface area contributed by atoms with Crippen molar-refractivity contribution in [1.82, 2.24) is 10.0 Å². The van der Waals surface area contributed by atoms with Crippen LogP contribution in [0, 0.1) is 5.92 Å². The number of alkyl halides is 3. The third-order valence-electron chi connectivity index (χ3n) is 3.71. The van der Waals surface area contributed by atoms with Crippen LogP contribution in [-0.4, -0.2) is 28.1 Å². The van der Waals surface area contributed by atoms with Crippen LogP contribution in [0.15, 0.2) is 24.3 Å². The average molecular weight is 373 g/mol. The minimum absolute atomic E-state index is 0. The van der Waals surface area contributed by atoms with Gasteiger partial charge >= 0.3 is 6.18 Å². The van der Waals surface area contributed by atoms with Crippen molar-refractivity contribution >= 4 is 22.4 Å². The summed E-state index contributed by atoms with van der Waals surface area (Å²) in [5, 5.41) is 3.18. The summed E-state index contributed by atoms with van der Waals surface area (Å²) < 4.78 is 64.9. The van der Waals surface area contributed by atoms with Gasteiger partial charge in [-0.15, -0.1) is 12.4 Å². The molecule has 1 heterocycles. The highest BCUT2D eigenvalue weighted by Gasteiger charge is 2.34. The van der Waals surface area contributed by atoms with Gasteiger partial charge in [-0.25, -0.2) is 13.1 Å². The molecule has 4 nitrogen and oxygen atoms in total. The van der Waals surface area contributed by atoms with E-state index < -0.39 is 27.5 Å². The summed E-state index contributed by atoms with van der Waals surface area (Å²) in [6, 6.07) is 4.75. The second kappa shape index (κ2) is 8.32. The molecule has 0 saturated carbocycles. The van der Waals surface area contributed by atoms with Crippen LogP contribution in [0.25, 0.3) is 0 Å². The topological polar surface area (TPSA) is 58.2 Å². The Kier molecular flexibility index (Phi) is 7.31. The van der Waals surface area contributed by atoms with Crippen LogP contribution in [0.4, 0.5) is 13.2 Å². The fraction of sp³-hybridized carbons (Fsp3) is 0.571. The van der Waals surface area contributed by atoms with E-state index in [9.17, 15) is 21.6 Å². The van der Waals surface area contributed by atoms with Gasteiger partial charge in [-0.1, -0.05) is 18.2 Å². The van der Waals surface area contributed by atoms with E-state index in [1.807, 2.05) is 0 Å². The van der Waals surface area contributed by atoms with Crippen molar-refractivity contribution in [2.75, 3.05) is 19.6 Å². The van der Waals surface area contributed by atoms with Crippen LogP contribution >= 0.6 is 12.4 Å². The van der Waals surface area contributed by atoms with Crippen LogP contribution in [0.1, 0.15) is 24.0 Å². The molecule has 23 heavy (non-hydrogen) atoms. The molecule has 1 aromatic carbocycles. The van der Waals surface area contributed by atoms with Crippen LogP contribution < -0.4 is 10.0 Å². The molecule has 1 fully saturated rings. The van der Waals surface area contributed by atoms with Gasteiger partial charge in [-0.3, -0.25) is 0 Å². The molecule has 0 amide bonds. The maximum absolute atomic E-state index is 12.9. The lowest BCUT2D eigenvalue weighted by atomic mass is 10.1. The number of rotatable bonds is 6. The molecule has 1 saturated heterocycles. The number of sulfonamides is 1. The van der Waals surface area contributed by atoms with Crippen molar-refractivity contribution in [3.63, 3.8) is 0 Å². The molecule has 0 aromatic heterocycles. The minimum Gasteiger partial charge on any atom is -0.316 e. The molecule has 9 heteroatoms. The summed E-state index contributed by atoms with van der Waals surface area (Å²) in [6.07, 6.45) is -2.87. The van der Waals surface area contributed by atoms with Gasteiger partial charge < -0.3 is 5.32 Å². The van der Waals surface area contributed by atoms with E-state index >= 15 is 0 Å². The predicted octanol–water partition coefficient (Wildman–Crippen LogP) is 2.55. The van der Waals surface area contributed by atoms with Crippen LogP contribution in [0.2, 0.25) is 0 Å². The van der Waals surface area contributed by atoms with E-state index in [1.165, 1.54) is 18.2 Å². The summed E-state index contributed by atoms with van der Waals surface area (Å²) in [7, 11) is -3.78. The zero-order chi connectivity index (χ0) is 16.2. The van der Waals surface area contributed by atoms with Crippen molar-refractivity contribution in [2.45, 2.75) is 24.8 Å². The molecule has 0 aliphatic carbocycles. The predicted molar refractivity (Wildman–Crippen MR) is 84.9 cm³/mol. The minimum atomic E-state index is -4.55. The number of hydrogen-bond donors (Lipinski definition) is 2. The molecular weight excluding hydrogens is 353 g/mol. The molecule has 0 spiro atoms. The molecule has 1 aromatic rings. The van der Waals surface area contributed by atoms with Crippen molar-refractivity contribution in [2.24, 2.45) is 5.92 Å². The van der Waals surface area contributed by atoms with Gasteiger partial charge in [0.05, 0.1) is 11.3 Å². The largest absolute Gasteiger partial charge is 0.416 e. The summed E-state index contributed by atoms with van der Waals surface area (Å²) in [6.45, 7) is 2.04. The lowest BCUT2D eigenvalue weighted by molar-refractivity contribution is -0.138. The van der Waals surface area contributed by atoms with E-state index in [0.29, 0.717) is 12.3 Å². The number of nitrogens with one attached hydrogen (secondary N) is 2. The first-order valence-electron chi connectivity index (χ1n) is 7.11. The molecule has 2 rings (SSSR count). The summed E-state index contributed by atoms with van der Waals surface area (Å²) in [4.78, 5) is 0. The van der Waals surface area contributed by atoms with E-state index in [0.717, 1.165) is 25.6 Å². The Labute approximate surface area is 140 Å². The number of halogens is 4. The van der Waals surface area contributed by atoms with E-state index in [-0.39, 0.29) is 24.5 Å². The molecule has 2 N–H and O–H groups in total. The molecular formula is C14H20ClF3N2O2S. The quantitative estimate of drug-likeness (QED) is 0.806. The van der Waals surface area contributed by atoms with Crippen molar-refractivity contribution < 1.29 is 21.6 Å². The van der Waals surface area contributed by atoms with Crippen molar-refractivity contribution in [1.29, 1.82) is 0 Å². The Morgan fingerprint density at radius 1 is 1.26 bits per heavy atom. The van der Waals surface area contributed by atoms with Gasteiger partial charge in [0.1, 0.15) is 0 Å². The van der Waals surface area contributed by atoms with E-state index in [1.54, 1.807) is 0 Å². The lowest BCUT2D eigenvalue weighted by Gasteiger charge is -2.14. The highest BCUT2D eigenvalue weighted by molar-refractivity contribution is 7.88. The normalized spacial score (nSPS) is 18.7. The third-order valence-corrected chi connectivity index (χ3v) is 5.04. The molecule has 1 aliphatic rings. The Hall–Kier alpha value is -0.830. The van der Waals surface area contributed by atoms with Gasteiger partial charge in [-0.2, -0.15) is 13.2 Å². The Morgan fingerprint density at radius 3 is 2.57 bits per heavy atom. The second-order valence-electron chi connectivity index (χ2n) is 5.46. The fourth-order valence-electron chi connectivity index (χ4n) is 2.56. The summed E-state index contributed by atoms with van der Waals surface area (Å²) >= 11 is 0. The van der Waals surface area contributed by atoms with Gasteiger partial charge in [0.25, 0.3) is 0 Å². The van der Waals surface area contributed by atoms with Crippen LogP contribution in [0.3, 0.4) is 0 Å². The van der Waals surface area contributed by atoms with Crippen molar-refractivity contribution in [3.8, 4) is 0 Å². The van der Waals surface area contributed by atoms with Crippen molar-refractivity contribution in [3.05, 3.63) is 35.4 Å². The number of benzene rings is 1. The van der Waals surface area contributed by atoms with E-state index in [2.05, 4.69) is 10.0 Å². The standard InChI is InChI=1S/C14H19F3N2O2S.ClH/c15-14(16,17)13-4-2-1-3-12(13)10-22(20,21)19-8-6-11-5-7-18-9-11;/h1-4,11,18-19H,5-10H2;1H. The molecule has 1 unspecified atom stereocenters. The molecule has 1 aliphatic heterocycles. The molecule has 132 valence electrons. The molecule has 1 atom stereocenters. The van der Waals surface area contributed by atoms with E-state index in [4.69, 9.17) is 0 Å². The van der Waals surface area contributed by atoms with Gasteiger partial charge in [0.15, 0.2) is 0 Å². The first-order chi connectivity index (χ1) is 10.3. The summed E-state index contributed by atoms with van der Waals surface area (Å²) in [5.41, 5.74) is -1.13. The Bertz CT molecular complexity index is 602. The zero-order valence-corrected chi connectivity index (χ0v) is 14.0. The lowest BCUT2D eigenvalue weighted by Crippen LogP contribution is -2.28. The maximum atomic E-state index is 12.9. The van der Waals surface area contributed by atoms with Gasteiger partial charge in [-0.05, 0) is 43.5 Å². The first-order valence-corrected chi connectivity index (χ1v) is 8.76. The zero-order valence-electron chi connectivity index (χ0n) is 12.4. The third kappa shape index (κ3) is 6.29. The van der Waals surface area contributed by atoms with Gasteiger partial charge in [0.2, 0.25) is 10.0 Å². The van der Waals surface area contributed by atoms with Crippen LogP contribution in [-0.2, 0) is 22.0 Å². The first kappa shape index (κ1) is 20.2. The monoisotopic (exact) mass is 372 g/mol. The summed E-state index contributed by atoms with van der Waals surface area (Å²) in [5.74, 6) is -0.240. The Balaban J connectivity index is 0.00000264. The fourth-order valence-corrected chi connectivity index (χ4v) is 3.75. The Morgan fingerprint density at radius 2 is 1.96 bits per heavy atom. The SMILES string of the molecule is Cl.O=S(=O)(Cc1ccccc1C(F)(F)F)NCCC1CCNC1. The second-order valence-corrected chi connectivity index (χ2v) is 7.26. The van der Waals surface area contributed by atoms with Crippen LogP contribution in [0.5, 0.6) is 0 Å². The highest BCUT2D eigenvalue weighted by Crippen LogP contribution is 2.32. The van der Waals surface area contributed by atoms with Gasteiger partial charge in [0, 0.05) is 6.54 Å². The number of hydrogen-bond acceptors (Lipinski definition) is 3.